The summed E-state index contributed by atoms with van der Waals surface area (Å²) in [4.78, 5) is 53.6. The van der Waals surface area contributed by atoms with E-state index in [1.54, 1.807) is 12.1 Å². The lowest BCUT2D eigenvalue weighted by molar-refractivity contribution is -0.384. The molecular formula is C24H23N5O5S. The van der Waals surface area contributed by atoms with Gasteiger partial charge in [-0.15, -0.1) is 11.3 Å². The molecule has 0 atom stereocenters. The van der Waals surface area contributed by atoms with Crippen LogP contribution in [0.15, 0.2) is 64.2 Å². The van der Waals surface area contributed by atoms with Crippen molar-refractivity contribution in [3.63, 3.8) is 0 Å². The molecule has 0 spiro atoms. The monoisotopic (exact) mass is 493 g/mol. The maximum absolute atomic E-state index is 13.8. The number of hydrogen-bond donors (Lipinski definition) is 2. The Morgan fingerprint density at radius 2 is 1.91 bits per heavy atom. The summed E-state index contributed by atoms with van der Waals surface area (Å²) < 4.78 is 1.95. The Kier molecular flexibility index (Phi) is 6.78. The van der Waals surface area contributed by atoms with Gasteiger partial charge in [0.05, 0.1) is 16.3 Å². The zero-order valence-electron chi connectivity index (χ0n) is 18.9. The lowest BCUT2D eigenvalue weighted by Crippen LogP contribution is -2.40. The van der Waals surface area contributed by atoms with Crippen molar-refractivity contribution in [3.05, 3.63) is 96.0 Å². The summed E-state index contributed by atoms with van der Waals surface area (Å²) >= 11 is 1.16. The molecule has 0 saturated carbocycles. The summed E-state index contributed by atoms with van der Waals surface area (Å²) in [6, 6.07) is 15.0. The van der Waals surface area contributed by atoms with Crippen molar-refractivity contribution in [2.45, 2.75) is 32.9 Å². The molecule has 35 heavy (non-hydrogen) atoms. The average Bonchev–Trinajstić information content (AvgIpc) is 3.27. The highest BCUT2D eigenvalue weighted by atomic mass is 32.1. The van der Waals surface area contributed by atoms with Crippen molar-refractivity contribution < 1.29 is 9.72 Å². The molecule has 0 unspecified atom stereocenters. The molecule has 3 N–H and O–H groups in total. The number of H-pyrrole nitrogens is 1. The molecule has 0 saturated heterocycles. The van der Waals surface area contributed by atoms with E-state index in [1.165, 1.54) is 21.6 Å². The van der Waals surface area contributed by atoms with Crippen LogP contribution in [0.1, 0.15) is 35.0 Å². The molecule has 0 fully saturated rings. The lowest BCUT2D eigenvalue weighted by atomic mass is 10.2. The number of thiophene rings is 1. The van der Waals surface area contributed by atoms with Gasteiger partial charge in [-0.3, -0.25) is 34.2 Å². The number of nitro benzene ring substituents is 1. The van der Waals surface area contributed by atoms with Gasteiger partial charge in [0, 0.05) is 28.8 Å². The van der Waals surface area contributed by atoms with Crippen molar-refractivity contribution in [1.82, 2.24) is 9.55 Å². The van der Waals surface area contributed by atoms with Crippen LogP contribution in [0.4, 0.5) is 17.2 Å². The number of aromatic nitrogens is 2. The number of anilines is 2. The Morgan fingerprint density at radius 3 is 2.60 bits per heavy atom. The van der Waals surface area contributed by atoms with Crippen LogP contribution in [0.5, 0.6) is 0 Å². The van der Waals surface area contributed by atoms with Gasteiger partial charge in [0.2, 0.25) is 0 Å². The van der Waals surface area contributed by atoms with E-state index in [9.17, 15) is 24.5 Å². The van der Waals surface area contributed by atoms with Gasteiger partial charge in [-0.25, -0.2) is 4.79 Å². The third-order valence-corrected chi connectivity index (χ3v) is 6.67. The van der Waals surface area contributed by atoms with E-state index in [2.05, 4.69) is 4.98 Å². The Labute approximate surface area is 203 Å². The number of aromatic amines is 1. The molecule has 0 radical (unpaired) electrons. The van der Waals surface area contributed by atoms with Crippen LogP contribution in [0, 0.1) is 10.1 Å². The van der Waals surface area contributed by atoms with Gasteiger partial charge in [0.25, 0.3) is 17.2 Å². The van der Waals surface area contributed by atoms with Crippen molar-refractivity contribution in [1.29, 1.82) is 0 Å². The first-order valence-corrected chi connectivity index (χ1v) is 11.8. The Hall–Kier alpha value is -4.25. The first kappa shape index (κ1) is 23.9. The number of nitrogens with two attached hydrogens (primary N) is 1. The molecule has 0 aliphatic heterocycles. The first-order chi connectivity index (χ1) is 16.8. The maximum atomic E-state index is 13.8. The lowest BCUT2D eigenvalue weighted by Gasteiger charge is -2.24. The predicted octanol–water partition coefficient (Wildman–Crippen LogP) is 3.89. The number of nitro groups is 1. The molecule has 180 valence electrons. The predicted molar refractivity (Wildman–Crippen MR) is 136 cm³/mol. The molecule has 1 amide bonds. The van der Waals surface area contributed by atoms with Crippen molar-refractivity contribution in [2.24, 2.45) is 0 Å². The molecule has 4 rings (SSSR count). The summed E-state index contributed by atoms with van der Waals surface area (Å²) in [6.45, 7) is 2.29. The Morgan fingerprint density at radius 1 is 1.17 bits per heavy atom. The number of amides is 1. The van der Waals surface area contributed by atoms with E-state index in [0.717, 1.165) is 23.3 Å². The second kappa shape index (κ2) is 9.94. The quantitative estimate of drug-likeness (QED) is 0.281. The second-order valence-electron chi connectivity index (χ2n) is 7.97. The number of benzene rings is 2. The zero-order valence-corrected chi connectivity index (χ0v) is 19.7. The topological polar surface area (TPSA) is 144 Å². The van der Waals surface area contributed by atoms with E-state index in [0.29, 0.717) is 23.1 Å². The molecule has 0 aliphatic rings. The minimum atomic E-state index is -0.763. The van der Waals surface area contributed by atoms with Crippen molar-refractivity contribution >= 4 is 44.5 Å². The average molecular weight is 494 g/mol. The minimum absolute atomic E-state index is 0.0350. The second-order valence-corrected chi connectivity index (χ2v) is 9.05. The first-order valence-electron chi connectivity index (χ1n) is 11.0. The summed E-state index contributed by atoms with van der Waals surface area (Å²) in [5, 5.41) is 11.7. The molecule has 2 aromatic carbocycles. The smallest absolute Gasteiger partial charge is 0.330 e. The fraction of sp³-hybridized carbons (Fsp3) is 0.208. The molecule has 0 aliphatic carbocycles. The molecule has 2 heterocycles. The van der Waals surface area contributed by atoms with Gasteiger partial charge in [0.15, 0.2) is 5.69 Å². The maximum Gasteiger partial charge on any atom is 0.330 e. The van der Waals surface area contributed by atoms with Crippen LogP contribution in [-0.2, 0) is 13.1 Å². The number of unbranched alkanes of at least 4 members (excludes halogenated alkanes) is 1. The van der Waals surface area contributed by atoms with Crippen molar-refractivity contribution in [3.8, 4) is 0 Å². The third kappa shape index (κ3) is 4.85. The van der Waals surface area contributed by atoms with Crippen LogP contribution < -0.4 is 21.9 Å². The van der Waals surface area contributed by atoms with Gasteiger partial charge >= 0.3 is 5.69 Å². The Balaban J connectivity index is 1.85. The number of non-ortho nitro benzene ring substituents is 1. The summed E-state index contributed by atoms with van der Waals surface area (Å²) in [6.07, 6.45) is 1.47. The van der Waals surface area contributed by atoms with Crippen molar-refractivity contribution in [2.75, 3.05) is 10.6 Å². The van der Waals surface area contributed by atoms with Gasteiger partial charge in [-0.05, 0) is 24.1 Å². The number of nitrogens with zero attached hydrogens (tertiary/aromatic N) is 3. The normalized spacial score (nSPS) is 11.0. The van der Waals surface area contributed by atoms with Gasteiger partial charge in [-0.1, -0.05) is 43.7 Å². The standard InChI is InChI=1S/C24H23N5O5S/c1-2-3-11-27-21(25)20(22(30)26-24(27)32)28(14-15-7-5-4-6-8-15)23(31)19-13-16-12-17(29(33)34)9-10-18(16)35-19/h4-10,12-13H,2-3,11,14,25H2,1H3,(H,26,30,32). The Bertz CT molecular complexity index is 1520. The number of nitrogens with one attached hydrogen (secondary N) is 1. The molecular weight excluding hydrogens is 470 g/mol. The fourth-order valence-electron chi connectivity index (χ4n) is 3.78. The van der Waals surface area contributed by atoms with E-state index in [1.807, 2.05) is 37.3 Å². The third-order valence-electron chi connectivity index (χ3n) is 5.57. The number of rotatable bonds is 8. The molecule has 0 bridgehead atoms. The van der Waals surface area contributed by atoms with Gasteiger partial charge in [-0.2, -0.15) is 0 Å². The minimum Gasteiger partial charge on any atom is -0.383 e. The summed E-state index contributed by atoms with van der Waals surface area (Å²) in [7, 11) is 0. The van der Waals surface area contributed by atoms with Crippen LogP contribution in [0.3, 0.4) is 0 Å². The van der Waals surface area contributed by atoms with E-state index < -0.39 is 22.1 Å². The number of hydrogen-bond acceptors (Lipinski definition) is 7. The summed E-state index contributed by atoms with van der Waals surface area (Å²) in [5.74, 6) is -0.594. The van der Waals surface area contributed by atoms with E-state index >= 15 is 0 Å². The van der Waals surface area contributed by atoms with Crippen LogP contribution >= 0.6 is 11.3 Å². The van der Waals surface area contributed by atoms with E-state index in [4.69, 9.17) is 5.73 Å². The number of nitrogen functional groups attached to an aromatic ring is 1. The largest absolute Gasteiger partial charge is 0.383 e. The summed E-state index contributed by atoms with van der Waals surface area (Å²) in [5.41, 5.74) is 5.46. The highest BCUT2D eigenvalue weighted by molar-refractivity contribution is 7.20. The SMILES string of the molecule is CCCCn1c(N)c(N(Cc2ccccc2)C(=O)c2cc3cc([N+](=O)[O-])ccc3s2)c(=O)[nH]c1=O. The van der Waals surface area contributed by atoms with Crippen LogP contribution in [0.2, 0.25) is 0 Å². The van der Waals surface area contributed by atoms with Gasteiger partial charge in [0.1, 0.15) is 5.82 Å². The van der Waals surface area contributed by atoms with Gasteiger partial charge < -0.3 is 5.73 Å². The highest BCUT2D eigenvalue weighted by Crippen LogP contribution is 2.31. The number of carbonyl (C=O) groups is 1. The molecule has 10 nitrogen and oxygen atoms in total. The molecule has 11 heteroatoms. The van der Waals surface area contributed by atoms with Crippen LogP contribution in [-0.4, -0.2) is 20.4 Å². The molecule has 2 aromatic heterocycles. The van der Waals surface area contributed by atoms with E-state index in [-0.39, 0.29) is 28.6 Å². The molecule has 4 aromatic rings. The zero-order chi connectivity index (χ0) is 25.1. The number of fused-ring (bicyclic) bond motifs is 1. The fourth-order valence-corrected chi connectivity index (χ4v) is 4.77. The number of carbonyl (C=O) groups excluding carboxylic acids is 1. The highest BCUT2D eigenvalue weighted by Gasteiger charge is 2.27. The van der Waals surface area contributed by atoms with Crippen LogP contribution in [0.25, 0.3) is 10.1 Å².